The molecule has 0 unspecified atom stereocenters. The van der Waals surface area contributed by atoms with Crippen LogP contribution in [0.3, 0.4) is 0 Å². The zero-order valence-corrected chi connectivity index (χ0v) is 13.1. The van der Waals surface area contributed by atoms with E-state index in [4.69, 9.17) is 4.74 Å². The highest BCUT2D eigenvalue weighted by Crippen LogP contribution is 2.10. The molecule has 1 rings (SSSR count). The van der Waals surface area contributed by atoms with Crippen molar-refractivity contribution in [3.05, 3.63) is 34.9 Å². The predicted molar refractivity (Wildman–Crippen MR) is 85.5 cm³/mol. The molecule has 20 heavy (non-hydrogen) atoms. The Labute approximate surface area is 122 Å². The van der Waals surface area contributed by atoms with Gasteiger partial charge in [0.05, 0.1) is 0 Å². The normalized spacial score (nSPS) is 11.5. The van der Waals surface area contributed by atoms with Gasteiger partial charge in [0.1, 0.15) is 0 Å². The number of benzene rings is 1. The van der Waals surface area contributed by atoms with Gasteiger partial charge in [0.15, 0.2) is 5.96 Å². The fourth-order valence-electron chi connectivity index (χ4n) is 2.09. The van der Waals surface area contributed by atoms with Crippen LogP contribution in [0, 0.1) is 13.8 Å². The summed E-state index contributed by atoms with van der Waals surface area (Å²) in [5, 5.41) is 6.61. The number of aliphatic imine (C=N–C) groups is 1. The Bertz CT molecular complexity index is 430. The molecule has 4 nitrogen and oxygen atoms in total. The minimum atomic E-state index is 0.770. The molecular formula is C16H27N3O. The summed E-state index contributed by atoms with van der Waals surface area (Å²) < 4.78 is 5.02. The van der Waals surface area contributed by atoms with Crippen LogP contribution in [0.4, 0.5) is 0 Å². The van der Waals surface area contributed by atoms with Crippen molar-refractivity contribution in [2.24, 2.45) is 4.99 Å². The largest absolute Gasteiger partial charge is 0.385 e. The molecule has 2 N–H and O–H groups in total. The van der Waals surface area contributed by atoms with Gasteiger partial charge in [-0.3, -0.25) is 4.99 Å². The van der Waals surface area contributed by atoms with Crippen LogP contribution in [0.5, 0.6) is 0 Å². The van der Waals surface area contributed by atoms with E-state index in [1.807, 2.05) is 0 Å². The zero-order chi connectivity index (χ0) is 14.8. The van der Waals surface area contributed by atoms with Crippen molar-refractivity contribution < 1.29 is 4.74 Å². The summed E-state index contributed by atoms with van der Waals surface area (Å²) in [5.41, 5.74) is 4.06. The number of hydrogen-bond donors (Lipinski definition) is 2. The van der Waals surface area contributed by atoms with E-state index in [1.54, 1.807) is 14.2 Å². The molecule has 0 bridgehead atoms. The van der Waals surface area contributed by atoms with Crippen molar-refractivity contribution in [1.82, 2.24) is 10.6 Å². The number of nitrogens with zero attached hydrogens (tertiary/aromatic N) is 1. The van der Waals surface area contributed by atoms with E-state index >= 15 is 0 Å². The Morgan fingerprint density at radius 1 is 1.20 bits per heavy atom. The summed E-state index contributed by atoms with van der Waals surface area (Å²) in [6.45, 7) is 6.82. The molecule has 4 heteroatoms. The lowest BCUT2D eigenvalue weighted by molar-refractivity contribution is 0.195. The van der Waals surface area contributed by atoms with E-state index < -0.39 is 0 Å². The molecule has 0 radical (unpaired) electrons. The first-order valence-corrected chi connectivity index (χ1v) is 7.17. The van der Waals surface area contributed by atoms with Crippen molar-refractivity contribution in [1.29, 1.82) is 0 Å². The summed E-state index contributed by atoms with van der Waals surface area (Å²) >= 11 is 0. The highest BCUT2D eigenvalue weighted by atomic mass is 16.5. The third kappa shape index (κ3) is 6.06. The first kappa shape index (κ1) is 16.5. The number of hydrogen-bond acceptors (Lipinski definition) is 2. The highest BCUT2D eigenvalue weighted by Gasteiger charge is 2.00. The van der Waals surface area contributed by atoms with Crippen LogP contribution in [0.2, 0.25) is 0 Å². The average Bonchev–Trinajstić information content (AvgIpc) is 2.43. The predicted octanol–water partition coefficient (Wildman–Crippen LogP) is 2.05. The van der Waals surface area contributed by atoms with E-state index in [2.05, 4.69) is 47.7 Å². The Balaban J connectivity index is 2.31. The molecule has 1 aromatic carbocycles. The topological polar surface area (TPSA) is 45.7 Å². The average molecular weight is 277 g/mol. The quantitative estimate of drug-likeness (QED) is 0.455. The summed E-state index contributed by atoms with van der Waals surface area (Å²) in [6, 6.07) is 6.61. The van der Waals surface area contributed by atoms with Crippen molar-refractivity contribution in [2.45, 2.75) is 26.7 Å². The molecule has 1 aromatic rings. The molecule has 0 fully saturated rings. The second kappa shape index (κ2) is 9.37. The summed E-state index contributed by atoms with van der Waals surface area (Å²) in [5.74, 6) is 0.853. The Morgan fingerprint density at radius 2 is 1.95 bits per heavy atom. The van der Waals surface area contributed by atoms with Crippen LogP contribution >= 0.6 is 0 Å². The van der Waals surface area contributed by atoms with Gasteiger partial charge in [0.25, 0.3) is 0 Å². The minimum absolute atomic E-state index is 0.770. The van der Waals surface area contributed by atoms with Crippen LogP contribution < -0.4 is 10.6 Å². The molecule has 0 heterocycles. The van der Waals surface area contributed by atoms with Crippen LogP contribution in [-0.4, -0.2) is 39.8 Å². The van der Waals surface area contributed by atoms with Gasteiger partial charge in [-0.1, -0.05) is 23.8 Å². The van der Waals surface area contributed by atoms with Crippen molar-refractivity contribution in [3.8, 4) is 0 Å². The van der Waals surface area contributed by atoms with Crippen molar-refractivity contribution >= 4 is 5.96 Å². The molecule has 0 saturated carbocycles. The Kier molecular flexibility index (Phi) is 7.73. The number of nitrogens with one attached hydrogen (secondary N) is 2. The summed E-state index contributed by atoms with van der Waals surface area (Å²) in [4.78, 5) is 4.21. The first-order valence-electron chi connectivity index (χ1n) is 7.17. The monoisotopic (exact) mass is 277 g/mol. The summed E-state index contributed by atoms with van der Waals surface area (Å²) in [7, 11) is 3.51. The lowest BCUT2D eigenvalue weighted by Gasteiger charge is -2.12. The third-order valence-electron chi connectivity index (χ3n) is 3.23. The first-order chi connectivity index (χ1) is 9.67. The van der Waals surface area contributed by atoms with Gasteiger partial charge in [-0.25, -0.2) is 0 Å². The van der Waals surface area contributed by atoms with Crippen molar-refractivity contribution in [3.63, 3.8) is 0 Å². The molecule has 0 aliphatic rings. The van der Waals surface area contributed by atoms with Gasteiger partial charge >= 0.3 is 0 Å². The van der Waals surface area contributed by atoms with Gasteiger partial charge in [-0.15, -0.1) is 0 Å². The Morgan fingerprint density at radius 3 is 2.60 bits per heavy atom. The van der Waals surface area contributed by atoms with E-state index in [0.29, 0.717) is 0 Å². The van der Waals surface area contributed by atoms with E-state index in [0.717, 1.165) is 38.5 Å². The highest BCUT2D eigenvalue weighted by molar-refractivity contribution is 5.79. The summed E-state index contributed by atoms with van der Waals surface area (Å²) in [6.07, 6.45) is 1.99. The smallest absolute Gasteiger partial charge is 0.190 e. The van der Waals surface area contributed by atoms with Gasteiger partial charge in [0.2, 0.25) is 0 Å². The maximum absolute atomic E-state index is 5.02. The minimum Gasteiger partial charge on any atom is -0.385 e. The molecule has 0 amide bonds. The lowest BCUT2D eigenvalue weighted by atomic mass is 10.0. The van der Waals surface area contributed by atoms with Crippen molar-refractivity contribution in [2.75, 3.05) is 33.9 Å². The molecule has 0 aromatic heterocycles. The number of methoxy groups -OCH3 is 1. The fourth-order valence-corrected chi connectivity index (χ4v) is 2.09. The van der Waals surface area contributed by atoms with Crippen LogP contribution in [0.15, 0.2) is 23.2 Å². The molecule has 112 valence electrons. The van der Waals surface area contributed by atoms with Gasteiger partial charge < -0.3 is 15.4 Å². The number of rotatable bonds is 7. The van der Waals surface area contributed by atoms with E-state index in [9.17, 15) is 0 Å². The lowest BCUT2D eigenvalue weighted by Crippen LogP contribution is -2.39. The molecule has 0 spiro atoms. The number of guanidine groups is 1. The zero-order valence-electron chi connectivity index (χ0n) is 13.1. The third-order valence-corrected chi connectivity index (χ3v) is 3.23. The molecule has 0 aliphatic heterocycles. The molecular weight excluding hydrogens is 250 g/mol. The van der Waals surface area contributed by atoms with Crippen LogP contribution in [-0.2, 0) is 11.2 Å². The Hall–Kier alpha value is -1.55. The van der Waals surface area contributed by atoms with Gasteiger partial charge in [-0.2, -0.15) is 0 Å². The van der Waals surface area contributed by atoms with E-state index in [-0.39, 0.29) is 0 Å². The maximum atomic E-state index is 5.02. The molecule has 0 atom stereocenters. The van der Waals surface area contributed by atoms with E-state index in [1.165, 1.54) is 16.7 Å². The number of aryl methyl sites for hydroxylation is 2. The fraction of sp³-hybridized carbons (Fsp3) is 0.562. The molecule has 0 saturated heterocycles. The number of ether oxygens (including phenoxy) is 1. The second-order valence-corrected chi connectivity index (χ2v) is 4.95. The van der Waals surface area contributed by atoms with Gasteiger partial charge in [-0.05, 0) is 37.8 Å². The van der Waals surface area contributed by atoms with Crippen LogP contribution in [0.1, 0.15) is 23.1 Å². The maximum Gasteiger partial charge on any atom is 0.190 e. The molecule has 0 aliphatic carbocycles. The van der Waals surface area contributed by atoms with Gasteiger partial charge in [0, 0.05) is 33.9 Å². The SMILES string of the molecule is CN=C(NCCCOC)NCCc1ccc(C)cc1C. The second-order valence-electron chi connectivity index (χ2n) is 4.95. The van der Waals surface area contributed by atoms with Crippen LogP contribution in [0.25, 0.3) is 0 Å². The standard InChI is InChI=1S/C16H27N3O/c1-13-6-7-15(14(2)12-13)8-10-19-16(17-3)18-9-5-11-20-4/h6-7,12H,5,8-11H2,1-4H3,(H2,17,18,19).